The van der Waals surface area contributed by atoms with Gasteiger partial charge in [-0.05, 0) is 66.5 Å². The summed E-state index contributed by atoms with van der Waals surface area (Å²) in [7, 11) is 4.11. The molecule has 6 heteroatoms. The molecule has 0 saturated carbocycles. The largest absolute Gasteiger partial charge is 0.437 e. The molecule has 190 valence electrons. The average Bonchev–Trinajstić information content (AvgIpc) is 2.85. The zero-order valence-electron chi connectivity index (χ0n) is 22.1. The molecule has 0 unspecified atom stereocenters. The van der Waals surface area contributed by atoms with Crippen LogP contribution in [0.3, 0.4) is 0 Å². The number of anilines is 2. The van der Waals surface area contributed by atoms with Gasteiger partial charge in [0.2, 0.25) is 5.88 Å². The summed E-state index contributed by atoms with van der Waals surface area (Å²) in [6.45, 7) is 7.23. The number of pyridine rings is 1. The number of hydrogen-bond donors (Lipinski definition) is 2. The summed E-state index contributed by atoms with van der Waals surface area (Å²) in [6, 6.07) is 27.2. The van der Waals surface area contributed by atoms with Gasteiger partial charge in [0, 0.05) is 24.0 Å². The number of carbonyl (C=O) groups excluding carboxylic acids is 1. The lowest BCUT2D eigenvalue weighted by Gasteiger charge is -2.22. The quantitative estimate of drug-likeness (QED) is 0.278. The van der Waals surface area contributed by atoms with Crippen LogP contribution in [-0.2, 0) is 12.0 Å². The van der Waals surface area contributed by atoms with Gasteiger partial charge in [0.25, 0.3) is 0 Å². The summed E-state index contributed by atoms with van der Waals surface area (Å²) in [5.74, 6) is 1.04. The molecule has 3 aromatic carbocycles. The molecule has 1 heterocycles. The molecule has 0 aliphatic heterocycles. The number of urea groups is 1. The maximum Gasteiger partial charge on any atom is 0.323 e. The molecular weight excluding hydrogens is 460 g/mol. The van der Waals surface area contributed by atoms with Gasteiger partial charge in [-0.25, -0.2) is 9.78 Å². The monoisotopic (exact) mass is 494 g/mol. The molecule has 1 aromatic heterocycles. The molecule has 37 heavy (non-hydrogen) atoms. The van der Waals surface area contributed by atoms with Crippen LogP contribution in [0.5, 0.6) is 11.6 Å². The van der Waals surface area contributed by atoms with Gasteiger partial charge >= 0.3 is 6.03 Å². The van der Waals surface area contributed by atoms with E-state index >= 15 is 0 Å². The number of benzene rings is 3. The number of hydrogen-bond acceptors (Lipinski definition) is 4. The third kappa shape index (κ3) is 6.74. The Kier molecular flexibility index (Phi) is 7.89. The minimum atomic E-state index is -0.374. The minimum absolute atomic E-state index is 0.105. The van der Waals surface area contributed by atoms with Crippen LogP contribution in [0.2, 0.25) is 0 Å². The first-order chi connectivity index (χ1) is 17.7. The van der Waals surface area contributed by atoms with E-state index in [2.05, 4.69) is 73.6 Å². The number of nitrogens with one attached hydrogen (secondary N) is 2. The lowest BCUT2D eigenvalue weighted by Crippen LogP contribution is -2.20. The second-order valence-electron chi connectivity index (χ2n) is 10.3. The van der Waals surface area contributed by atoms with Gasteiger partial charge in [-0.2, -0.15) is 0 Å². The van der Waals surface area contributed by atoms with E-state index in [1.165, 1.54) is 5.56 Å². The van der Waals surface area contributed by atoms with E-state index in [9.17, 15) is 4.79 Å². The van der Waals surface area contributed by atoms with Crippen LogP contribution in [0.4, 0.5) is 16.2 Å². The topological polar surface area (TPSA) is 66.5 Å². The lowest BCUT2D eigenvalue weighted by atomic mass is 9.86. The molecule has 0 aliphatic carbocycles. The van der Waals surface area contributed by atoms with Crippen molar-refractivity contribution in [2.75, 3.05) is 24.7 Å². The van der Waals surface area contributed by atoms with Crippen molar-refractivity contribution in [2.45, 2.75) is 32.7 Å². The predicted molar refractivity (Wildman–Crippen MR) is 151 cm³/mol. The standard InChI is InChI=1S/C31H34N4O2/c1-31(2,3)26-16-8-9-18-28(26)37-29-27(17-11-19-32-29)34-30(36)33-24-14-10-13-22(20-24)25-15-7-6-12-23(25)21-35(4)5/h6-20H,21H2,1-5H3,(H2,33,34,36). The second-order valence-corrected chi connectivity index (χ2v) is 10.3. The molecule has 0 fully saturated rings. The lowest BCUT2D eigenvalue weighted by molar-refractivity contribution is 0.262. The third-order valence-corrected chi connectivity index (χ3v) is 5.86. The Morgan fingerprint density at radius 3 is 2.43 bits per heavy atom. The van der Waals surface area contributed by atoms with Gasteiger partial charge in [-0.1, -0.05) is 75.4 Å². The number of carbonyl (C=O) groups is 1. The van der Waals surface area contributed by atoms with Crippen molar-refractivity contribution in [1.29, 1.82) is 0 Å². The highest BCUT2D eigenvalue weighted by Crippen LogP contribution is 2.35. The molecule has 0 atom stereocenters. The Bertz CT molecular complexity index is 1380. The first-order valence-corrected chi connectivity index (χ1v) is 12.3. The first kappa shape index (κ1) is 25.9. The van der Waals surface area contributed by atoms with Crippen LogP contribution in [0.25, 0.3) is 11.1 Å². The van der Waals surface area contributed by atoms with E-state index in [-0.39, 0.29) is 11.4 Å². The summed E-state index contributed by atoms with van der Waals surface area (Å²) >= 11 is 0. The highest BCUT2D eigenvalue weighted by molar-refractivity contribution is 6.00. The molecule has 0 radical (unpaired) electrons. The van der Waals surface area contributed by atoms with Crippen molar-refractivity contribution in [2.24, 2.45) is 0 Å². The summed E-state index contributed by atoms with van der Waals surface area (Å²) < 4.78 is 6.18. The molecule has 4 aromatic rings. The number of rotatable bonds is 7. The normalized spacial score (nSPS) is 11.3. The molecule has 4 rings (SSSR count). The SMILES string of the molecule is CN(C)Cc1ccccc1-c1cccc(NC(=O)Nc2cccnc2Oc2ccccc2C(C)(C)C)c1. The average molecular weight is 495 g/mol. The van der Waals surface area contributed by atoms with Gasteiger partial charge in [0.15, 0.2) is 0 Å². The highest BCUT2D eigenvalue weighted by atomic mass is 16.5. The number of para-hydroxylation sites is 1. The van der Waals surface area contributed by atoms with Crippen LogP contribution < -0.4 is 15.4 Å². The summed E-state index contributed by atoms with van der Waals surface area (Å²) in [5.41, 5.74) is 5.53. The molecule has 0 saturated heterocycles. The van der Waals surface area contributed by atoms with E-state index in [0.717, 1.165) is 23.2 Å². The van der Waals surface area contributed by atoms with Gasteiger partial charge in [0.1, 0.15) is 11.4 Å². The first-order valence-electron chi connectivity index (χ1n) is 12.3. The van der Waals surface area contributed by atoms with Crippen LogP contribution in [-0.4, -0.2) is 30.0 Å². The zero-order chi connectivity index (χ0) is 26.4. The molecule has 0 spiro atoms. The minimum Gasteiger partial charge on any atom is -0.437 e. The molecule has 0 bridgehead atoms. The number of nitrogens with zero attached hydrogens (tertiary/aromatic N) is 2. The third-order valence-electron chi connectivity index (χ3n) is 5.86. The zero-order valence-corrected chi connectivity index (χ0v) is 22.1. The molecule has 6 nitrogen and oxygen atoms in total. The molecule has 2 N–H and O–H groups in total. The van der Waals surface area contributed by atoms with Crippen LogP contribution in [0.1, 0.15) is 31.9 Å². The molecule has 2 amide bonds. The number of ether oxygens (including phenoxy) is 1. The maximum atomic E-state index is 13.0. The number of aromatic nitrogens is 1. The van der Waals surface area contributed by atoms with Crippen LogP contribution >= 0.6 is 0 Å². The van der Waals surface area contributed by atoms with Crippen molar-refractivity contribution >= 4 is 17.4 Å². The van der Waals surface area contributed by atoms with Crippen molar-refractivity contribution < 1.29 is 9.53 Å². The Morgan fingerprint density at radius 1 is 0.892 bits per heavy atom. The van der Waals surface area contributed by atoms with E-state index in [1.54, 1.807) is 18.3 Å². The summed E-state index contributed by atoms with van der Waals surface area (Å²) in [4.78, 5) is 19.5. The van der Waals surface area contributed by atoms with Crippen LogP contribution in [0, 0.1) is 0 Å². The Hall–Kier alpha value is -4.16. The van der Waals surface area contributed by atoms with E-state index in [4.69, 9.17) is 4.74 Å². The van der Waals surface area contributed by atoms with Crippen LogP contribution in [0.15, 0.2) is 91.1 Å². The fourth-order valence-corrected chi connectivity index (χ4v) is 4.18. The Morgan fingerprint density at radius 2 is 1.65 bits per heavy atom. The Labute approximate surface area is 219 Å². The fourth-order valence-electron chi connectivity index (χ4n) is 4.18. The highest BCUT2D eigenvalue weighted by Gasteiger charge is 2.20. The van der Waals surface area contributed by atoms with Crippen molar-refractivity contribution in [3.63, 3.8) is 0 Å². The molecular formula is C31H34N4O2. The van der Waals surface area contributed by atoms with Gasteiger partial charge in [-0.15, -0.1) is 0 Å². The summed E-state index contributed by atoms with van der Waals surface area (Å²) in [5, 5.41) is 5.83. The van der Waals surface area contributed by atoms with E-state index in [1.807, 2.05) is 54.6 Å². The maximum absolute atomic E-state index is 13.0. The molecule has 0 aliphatic rings. The predicted octanol–water partition coefficient (Wildman–Crippen LogP) is 7.54. The van der Waals surface area contributed by atoms with Gasteiger partial charge in [0.05, 0.1) is 0 Å². The van der Waals surface area contributed by atoms with Gasteiger partial charge < -0.3 is 20.3 Å². The second kappa shape index (κ2) is 11.3. The van der Waals surface area contributed by atoms with Crippen molar-refractivity contribution in [1.82, 2.24) is 9.88 Å². The van der Waals surface area contributed by atoms with Gasteiger partial charge in [-0.3, -0.25) is 0 Å². The van der Waals surface area contributed by atoms with Crippen molar-refractivity contribution in [3.05, 3.63) is 102 Å². The van der Waals surface area contributed by atoms with E-state index < -0.39 is 0 Å². The van der Waals surface area contributed by atoms with Crippen molar-refractivity contribution in [3.8, 4) is 22.8 Å². The Balaban J connectivity index is 1.52. The smallest absolute Gasteiger partial charge is 0.323 e. The number of amides is 2. The van der Waals surface area contributed by atoms with E-state index in [0.29, 0.717) is 23.0 Å². The summed E-state index contributed by atoms with van der Waals surface area (Å²) in [6.07, 6.45) is 1.65. The fraction of sp³-hybridized carbons (Fsp3) is 0.226.